The van der Waals surface area contributed by atoms with E-state index >= 15 is 0 Å². The van der Waals surface area contributed by atoms with Crippen LogP contribution in [0.4, 0.5) is 0 Å². The van der Waals surface area contributed by atoms with Crippen molar-refractivity contribution in [1.82, 2.24) is 25.4 Å². The molecule has 6 nitrogen and oxygen atoms in total. The van der Waals surface area contributed by atoms with Crippen molar-refractivity contribution in [2.75, 3.05) is 19.6 Å². The summed E-state index contributed by atoms with van der Waals surface area (Å²) in [5.41, 5.74) is 2.98. The normalized spacial score (nSPS) is 13.5. The first-order chi connectivity index (χ1) is 10.6. The fourth-order valence-electron chi connectivity index (χ4n) is 2.37. The van der Waals surface area contributed by atoms with E-state index in [1.807, 2.05) is 20.2 Å². The van der Waals surface area contributed by atoms with E-state index in [2.05, 4.69) is 26.8 Å². The van der Waals surface area contributed by atoms with Crippen LogP contribution in [-0.2, 0) is 7.05 Å². The Kier molecular flexibility index (Phi) is 7.89. The third-order valence-electron chi connectivity index (χ3n) is 3.59. The molecule has 0 spiro atoms. The number of thiazole rings is 1. The summed E-state index contributed by atoms with van der Waals surface area (Å²) in [4.78, 5) is 17.5. The molecule has 0 bridgehead atoms. The molecule has 0 unspecified atom stereocenters. The Morgan fingerprint density at radius 1 is 1.46 bits per heavy atom. The Morgan fingerprint density at radius 3 is 2.88 bits per heavy atom. The fourth-order valence-corrected chi connectivity index (χ4v) is 3.32. The lowest BCUT2D eigenvalue weighted by atomic mass is 10.1. The van der Waals surface area contributed by atoms with E-state index in [4.69, 9.17) is 0 Å². The molecule has 0 saturated carbocycles. The Labute approximate surface area is 157 Å². The molecule has 2 N–H and O–H groups in total. The molecule has 0 fully saturated rings. The summed E-state index contributed by atoms with van der Waals surface area (Å²) >= 11 is 1.41. The van der Waals surface area contributed by atoms with Crippen LogP contribution in [0.1, 0.15) is 21.8 Å². The second-order valence-electron chi connectivity index (χ2n) is 5.34. The van der Waals surface area contributed by atoms with Gasteiger partial charge in [0.1, 0.15) is 9.88 Å². The molecule has 0 atom stereocenters. The molecule has 24 heavy (non-hydrogen) atoms. The van der Waals surface area contributed by atoms with Crippen LogP contribution in [0.5, 0.6) is 0 Å². The Balaban J connectivity index is 0.00000144. The number of amides is 1. The number of hydrogen-bond donors (Lipinski definition) is 2. The lowest BCUT2D eigenvalue weighted by Crippen LogP contribution is -2.29. The van der Waals surface area contributed by atoms with Crippen molar-refractivity contribution in [3.05, 3.63) is 34.6 Å². The minimum absolute atomic E-state index is 0. The van der Waals surface area contributed by atoms with Crippen LogP contribution in [0.2, 0.25) is 0 Å². The van der Waals surface area contributed by atoms with Crippen molar-refractivity contribution in [3.63, 3.8) is 0 Å². The highest BCUT2D eigenvalue weighted by Gasteiger charge is 2.17. The van der Waals surface area contributed by atoms with Crippen LogP contribution in [0.15, 0.2) is 24.0 Å². The highest BCUT2D eigenvalue weighted by atomic mass is 35.5. The predicted octanol–water partition coefficient (Wildman–Crippen LogP) is 2.35. The van der Waals surface area contributed by atoms with E-state index in [-0.39, 0.29) is 30.7 Å². The molecule has 0 saturated heterocycles. The molecule has 0 aliphatic carbocycles. The highest BCUT2D eigenvalue weighted by Crippen LogP contribution is 2.27. The molecule has 9 heteroatoms. The first-order valence-electron chi connectivity index (χ1n) is 7.27. The zero-order chi connectivity index (χ0) is 15.5. The number of carbonyl (C=O) groups is 1. The molecule has 1 aliphatic rings. The third-order valence-corrected chi connectivity index (χ3v) is 4.79. The number of halogens is 2. The van der Waals surface area contributed by atoms with Crippen molar-refractivity contribution in [2.45, 2.75) is 13.3 Å². The van der Waals surface area contributed by atoms with Crippen LogP contribution in [-0.4, -0.2) is 40.3 Å². The van der Waals surface area contributed by atoms with Crippen LogP contribution < -0.4 is 10.6 Å². The van der Waals surface area contributed by atoms with Crippen molar-refractivity contribution >= 4 is 42.1 Å². The number of hydrogen-bond acceptors (Lipinski definition) is 5. The van der Waals surface area contributed by atoms with Gasteiger partial charge in [-0.15, -0.1) is 36.2 Å². The minimum atomic E-state index is -0.0513. The van der Waals surface area contributed by atoms with Gasteiger partial charge in [0.2, 0.25) is 0 Å². The zero-order valence-corrected chi connectivity index (χ0v) is 16.0. The van der Waals surface area contributed by atoms with Gasteiger partial charge >= 0.3 is 0 Å². The summed E-state index contributed by atoms with van der Waals surface area (Å²) in [7, 11) is 1.87. The zero-order valence-electron chi connectivity index (χ0n) is 13.5. The van der Waals surface area contributed by atoms with Crippen LogP contribution in [0.3, 0.4) is 0 Å². The summed E-state index contributed by atoms with van der Waals surface area (Å²) in [5.74, 6) is -0.0513. The van der Waals surface area contributed by atoms with Gasteiger partial charge in [0.15, 0.2) is 0 Å². The number of aromatic nitrogens is 3. The molecule has 132 valence electrons. The van der Waals surface area contributed by atoms with Gasteiger partial charge in [-0.05, 0) is 19.9 Å². The predicted molar refractivity (Wildman–Crippen MR) is 101 cm³/mol. The van der Waals surface area contributed by atoms with Crippen LogP contribution in [0.25, 0.3) is 10.6 Å². The summed E-state index contributed by atoms with van der Waals surface area (Å²) < 4.78 is 1.73. The van der Waals surface area contributed by atoms with Crippen molar-refractivity contribution in [1.29, 1.82) is 0 Å². The molecule has 1 aliphatic heterocycles. The van der Waals surface area contributed by atoms with E-state index in [0.717, 1.165) is 35.8 Å². The Bertz CT molecular complexity index is 725. The van der Waals surface area contributed by atoms with Crippen LogP contribution >= 0.6 is 36.2 Å². The third kappa shape index (κ3) is 4.80. The molecule has 3 heterocycles. The number of rotatable bonds is 4. The van der Waals surface area contributed by atoms with Crippen molar-refractivity contribution < 1.29 is 4.79 Å². The molecule has 0 radical (unpaired) electrons. The molecule has 2 aromatic rings. The monoisotopic (exact) mass is 389 g/mol. The largest absolute Gasteiger partial charge is 0.348 e. The van der Waals surface area contributed by atoms with Gasteiger partial charge in [0.25, 0.3) is 5.91 Å². The highest BCUT2D eigenvalue weighted by molar-refractivity contribution is 7.17. The topological polar surface area (TPSA) is 71.8 Å². The summed E-state index contributed by atoms with van der Waals surface area (Å²) in [5, 5.41) is 11.2. The maximum absolute atomic E-state index is 12.4. The fraction of sp³-hybridized carbons (Fsp3) is 0.400. The lowest BCUT2D eigenvalue weighted by Gasteiger charge is -2.14. The van der Waals surface area contributed by atoms with E-state index in [1.54, 1.807) is 10.9 Å². The average molecular weight is 390 g/mol. The van der Waals surface area contributed by atoms with Gasteiger partial charge in [-0.3, -0.25) is 9.48 Å². The second-order valence-corrected chi connectivity index (χ2v) is 6.33. The number of nitrogens with zero attached hydrogens (tertiary/aromatic N) is 3. The number of aryl methyl sites for hydroxylation is 2. The van der Waals surface area contributed by atoms with E-state index < -0.39 is 0 Å². The van der Waals surface area contributed by atoms with E-state index in [1.165, 1.54) is 16.9 Å². The Hall–Kier alpha value is -1.41. The van der Waals surface area contributed by atoms with Gasteiger partial charge in [-0.1, -0.05) is 11.6 Å². The molecule has 3 rings (SSSR count). The van der Waals surface area contributed by atoms with Gasteiger partial charge in [0.05, 0.1) is 11.9 Å². The standard InChI is InChI=1S/C15H19N5OS.2ClH/c1-10-13(14(21)17-7-11-3-5-16-6-4-11)22-15(19-10)12-8-18-20(2)9-12;;/h3,8-9,16H,4-7H2,1-2H3,(H,17,21);2*1H. The van der Waals surface area contributed by atoms with Crippen molar-refractivity contribution in [3.8, 4) is 10.6 Å². The number of carbonyl (C=O) groups excluding carboxylic acids is 1. The van der Waals surface area contributed by atoms with Crippen molar-refractivity contribution in [2.24, 2.45) is 7.05 Å². The molecule has 1 amide bonds. The first-order valence-corrected chi connectivity index (χ1v) is 8.08. The van der Waals surface area contributed by atoms with Gasteiger partial charge in [-0.25, -0.2) is 4.98 Å². The summed E-state index contributed by atoms with van der Waals surface area (Å²) in [6.07, 6.45) is 6.80. The Morgan fingerprint density at radius 2 is 2.25 bits per heavy atom. The molecular weight excluding hydrogens is 369 g/mol. The molecule has 2 aromatic heterocycles. The summed E-state index contributed by atoms with van der Waals surface area (Å²) in [6.45, 7) is 4.34. The molecule has 0 aromatic carbocycles. The van der Waals surface area contributed by atoms with E-state index in [0.29, 0.717) is 11.4 Å². The first kappa shape index (κ1) is 20.6. The second kappa shape index (κ2) is 9.17. The maximum atomic E-state index is 12.4. The van der Waals surface area contributed by atoms with Gasteiger partial charge in [-0.2, -0.15) is 5.10 Å². The SMILES string of the molecule is Cc1nc(-c2cnn(C)c2)sc1C(=O)NCC1=CCNCC1.Cl.Cl. The average Bonchev–Trinajstić information content (AvgIpc) is 3.12. The quantitative estimate of drug-likeness (QED) is 0.787. The minimum Gasteiger partial charge on any atom is -0.348 e. The lowest BCUT2D eigenvalue weighted by molar-refractivity contribution is 0.0960. The van der Waals surface area contributed by atoms with Gasteiger partial charge in [0, 0.05) is 31.9 Å². The van der Waals surface area contributed by atoms with Crippen LogP contribution in [0, 0.1) is 6.92 Å². The maximum Gasteiger partial charge on any atom is 0.263 e. The van der Waals surface area contributed by atoms with E-state index in [9.17, 15) is 4.79 Å². The number of nitrogens with one attached hydrogen (secondary N) is 2. The smallest absolute Gasteiger partial charge is 0.263 e. The van der Waals surface area contributed by atoms with Gasteiger partial charge < -0.3 is 10.6 Å². The molecular formula is C15H21Cl2N5OS. The summed E-state index contributed by atoms with van der Waals surface area (Å²) in [6, 6.07) is 0.